The summed E-state index contributed by atoms with van der Waals surface area (Å²) in [6.45, 7) is 8.76. The molecule has 0 aliphatic carbocycles. The number of rotatable bonds is 69. The molecule has 0 radical (unpaired) electrons. The number of benzene rings is 3. The highest BCUT2D eigenvalue weighted by atomic mass is 19.2. The second kappa shape index (κ2) is 59.3. The van der Waals surface area contributed by atoms with Gasteiger partial charge in [0.05, 0.1) is 174 Å². The van der Waals surface area contributed by atoms with Crippen molar-refractivity contribution in [2.24, 2.45) is 10.2 Å². The number of aromatic amines is 2. The molecule has 0 saturated heterocycles. The maximum absolute atomic E-state index is 14.3. The lowest BCUT2D eigenvalue weighted by Crippen LogP contribution is -2.47. The van der Waals surface area contributed by atoms with Crippen LogP contribution in [0, 0.1) is 41.3 Å². The van der Waals surface area contributed by atoms with Crippen LogP contribution in [-0.2, 0) is 79.7 Å². The van der Waals surface area contributed by atoms with Crippen LogP contribution in [0.15, 0.2) is 105 Å². The number of hydrogen-bond acceptors (Lipinski definition) is 36. The molecule has 0 unspecified atom stereocenters. The topological polar surface area (TPSA) is 619 Å². The number of ether oxygens (including phenoxy) is 10. The lowest BCUT2D eigenvalue weighted by molar-refractivity contribution is -0.138. The lowest BCUT2D eigenvalue weighted by Gasteiger charge is -2.22. The van der Waals surface area contributed by atoms with E-state index in [1.54, 1.807) is 36.7 Å². The number of nitrogens with one attached hydrogen (secondary N) is 12. The van der Waals surface area contributed by atoms with Gasteiger partial charge in [-0.15, -0.1) is 0 Å². The van der Waals surface area contributed by atoms with Crippen LogP contribution in [0.3, 0.4) is 0 Å². The summed E-state index contributed by atoms with van der Waals surface area (Å²) >= 11 is 0. The number of nitrogens with two attached hydrogens (primary N) is 2. The highest BCUT2D eigenvalue weighted by Gasteiger charge is 2.28. The minimum atomic E-state index is -1.96. The van der Waals surface area contributed by atoms with Crippen molar-refractivity contribution in [2.75, 3.05) is 187 Å². The Morgan fingerprint density at radius 2 is 0.854 bits per heavy atom. The number of unbranched alkanes of at least 4 members (excludes halogenated alkanes) is 2. The number of carbonyl (C=O) groups is 7. The smallest absolute Gasteiger partial charge is 0.313 e. The zero-order chi connectivity index (χ0) is 93.6. The molecule has 3 aromatic carbocycles. The van der Waals surface area contributed by atoms with Crippen LogP contribution < -0.4 is 69.9 Å². The molecule has 708 valence electrons. The first-order valence-corrected chi connectivity index (χ1v) is 41.8. The molecule has 44 nitrogen and oxygen atoms in total. The van der Waals surface area contributed by atoms with Crippen molar-refractivity contribution in [3.63, 3.8) is 0 Å². The zero-order valence-corrected chi connectivity index (χ0v) is 71.8. The molecule has 0 saturated carbocycles. The number of hydrogen-bond donors (Lipinski definition) is 16. The third kappa shape index (κ3) is 39.4. The molecular weight excluding hydrogens is 1720 g/mol. The van der Waals surface area contributed by atoms with E-state index in [0.717, 1.165) is 6.92 Å². The van der Waals surface area contributed by atoms with Crippen LogP contribution in [-0.4, -0.2) is 273 Å². The van der Waals surface area contributed by atoms with Crippen molar-refractivity contribution in [1.29, 1.82) is 11.1 Å². The molecule has 0 fully saturated rings. The Labute approximate surface area is 743 Å². The van der Waals surface area contributed by atoms with Gasteiger partial charge in [0.1, 0.15) is 12.1 Å². The molecule has 0 spiro atoms. The number of H-pyrrole nitrogens is 2. The maximum Gasteiger partial charge on any atom is 0.313 e. The van der Waals surface area contributed by atoms with E-state index in [2.05, 4.69) is 102 Å². The van der Waals surface area contributed by atoms with Crippen molar-refractivity contribution in [1.82, 2.24) is 76.7 Å². The van der Waals surface area contributed by atoms with Gasteiger partial charge in [0, 0.05) is 99.1 Å². The SMILES string of the molecule is Cc1c(F)c(F)c(F)c(OC(=O)CCOCCOCCOCCN(CCOCCOCCOCCN/C=C(/CCCCNC(=O)[C@H](CCC(=O)O)NC(=O)c2ccc(NCc3cnc4nc(N)[nH]c(=O)c4n3)cc2)N=N)CCOCCOCCOCCN/C=C(/CCCCNC(=O)[C@H](CCC(=O)O)NC(=O)c2ccc(NCc3cnc4nc(N)[nH]c(=O)c4n3)cc2)N=N)c1F. The van der Waals surface area contributed by atoms with Crippen LogP contribution in [0.25, 0.3) is 22.3 Å². The summed E-state index contributed by atoms with van der Waals surface area (Å²) in [6.07, 6.45) is 7.56. The molecule has 18 N–H and O–H groups in total. The van der Waals surface area contributed by atoms with Crippen LogP contribution in [0.4, 0.5) is 40.8 Å². The van der Waals surface area contributed by atoms with Gasteiger partial charge in [-0.3, -0.25) is 58.0 Å². The van der Waals surface area contributed by atoms with E-state index >= 15 is 0 Å². The van der Waals surface area contributed by atoms with Crippen molar-refractivity contribution in [3.05, 3.63) is 157 Å². The number of anilines is 4. The van der Waals surface area contributed by atoms with E-state index in [4.69, 9.17) is 65.2 Å². The number of carboxylic acids is 2. The van der Waals surface area contributed by atoms with Crippen molar-refractivity contribution < 1.29 is 109 Å². The number of halogens is 4. The summed E-state index contributed by atoms with van der Waals surface area (Å²) in [6, 6.07) is 10.4. The Morgan fingerprint density at radius 1 is 0.477 bits per heavy atom. The van der Waals surface area contributed by atoms with Crippen molar-refractivity contribution >= 4 is 87.1 Å². The number of aromatic nitrogens is 8. The maximum atomic E-state index is 14.3. The molecule has 0 aliphatic heterocycles. The number of aliphatic carboxylic acids is 2. The Hall–Kier alpha value is -12.8. The normalized spacial score (nSPS) is 12.0. The van der Waals surface area contributed by atoms with Crippen molar-refractivity contribution in [3.8, 4) is 5.75 Å². The van der Waals surface area contributed by atoms with Crippen LogP contribution in [0.5, 0.6) is 5.75 Å². The Bertz CT molecular complexity index is 4690. The molecule has 7 aromatic rings. The summed E-state index contributed by atoms with van der Waals surface area (Å²) < 4.78 is 111. The van der Waals surface area contributed by atoms with Gasteiger partial charge in [-0.05, 0) is 107 Å². The largest absolute Gasteiger partial charge is 0.481 e. The predicted octanol–water partition coefficient (Wildman–Crippen LogP) is 4.56. The number of nitrogens with zero attached hydrogens (tertiary/aromatic N) is 9. The second-order valence-electron chi connectivity index (χ2n) is 28.4. The van der Waals surface area contributed by atoms with Gasteiger partial charge in [0.25, 0.3) is 22.9 Å². The number of carbonyl (C=O) groups excluding carboxylic acids is 5. The Kier molecular flexibility index (Phi) is 47.6. The van der Waals surface area contributed by atoms with Crippen LogP contribution in [0.1, 0.15) is 108 Å². The van der Waals surface area contributed by atoms with Gasteiger partial charge < -0.3 is 112 Å². The van der Waals surface area contributed by atoms with E-state index < -0.39 is 106 Å². The van der Waals surface area contributed by atoms with Gasteiger partial charge in [0.15, 0.2) is 39.8 Å². The number of allylic oxidation sites excluding steroid dienone is 2. The molecule has 48 heteroatoms. The highest BCUT2D eigenvalue weighted by molar-refractivity contribution is 5.99. The first-order valence-electron chi connectivity index (χ1n) is 41.8. The summed E-state index contributed by atoms with van der Waals surface area (Å²) in [5.74, 6) is -14.4. The summed E-state index contributed by atoms with van der Waals surface area (Å²) in [5, 5.41) is 49.1. The molecule has 0 aliphatic rings. The van der Waals surface area contributed by atoms with E-state index in [0.29, 0.717) is 191 Å². The average molecular weight is 1830 g/mol. The quantitative estimate of drug-likeness (QED) is 0.00472. The van der Waals surface area contributed by atoms with Gasteiger partial charge in [-0.2, -0.15) is 24.6 Å². The lowest BCUT2D eigenvalue weighted by atomic mass is 10.1. The number of amides is 4. The first-order chi connectivity index (χ1) is 62.9. The molecule has 4 heterocycles. The third-order valence-corrected chi connectivity index (χ3v) is 18.7. The van der Waals surface area contributed by atoms with E-state index in [9.17, 15) is 70.9 Å². The first kappa shape index (κ1) is 104. The van der Waals surface area contributed by atoms with Crippen molar-refractivity contribution in [2.45, 2.75) is 103 Å². The van der Waals surface area contributed by atoms with Crippen LogP contribution in [0.2, 0.25) is 0 Å². The minimum Gasteiger partial charge on any atom is -0.481 e. The van der Waals surface area contributed by atoms with Gasteiger partial charge in [-0.1, -0.05) is 0 Å². The molecule has 7 rings (SSSR count). The third-order valence-electron chi connectivity index (χ3n) is 18.7. The number of esters is 1. The molecule has 4 aromatic heterocycles. The van der Waals surface area contributed by atoms with E-state index in [1.807, 2.05) is 0 Å². The molecule has 2 atom stereocenters. The van der Waals surface area contributed by atoms with Gasteiger partial charge in [0.2, 0.25) is 35.3 Å². The summed E-state index contributed by atoms with van der Waals surface area (Å²) in [7, 11) is 0. The van der Waals surface area contributed by atoms with E-state index in [1.165, 1.54) is 36.7 Å². The summed E-state index contributed by atoms with van der Waals surface area (Å²) in [5.41, 5.74) is 28.2. The number of fused-ring (bicyclic) bond motifs is 2. The monoisotopic (exact) mass is 1830 g/mol. The molecule has 4 amide bonds. The second-order valence-corrected chi connectivity index (χ2v) is 28.4. The minimum absolute atomic E-state index is 0.0257. The fraction of sp³-hybridized carbons (Fsp3) is 0.500. The summed E-state index contributed by atoms with van der Waals surface area (Å²) in [4.78, 5) is 144. The molecule has 0 bridgehead atoms. The number of carboxylic acid groups (broad SMARTS) is 2. The standard InChI is InChI=1S/C82H111F4N23O21/c1-52-66(83)68(85)69(86)72(67(52)84)130-65(114)20-28-121-34-40-127-43-37-124-31-25-109(26-32-125-38-44-128-41-35-122-29-23-91-46-57(107-89)6-2-4-21-93-77(117)61(16-18-63(110)111)101-75(115)53-8-12-55(13-9-53)95-48-59-50-97-73-70(99-59)79(119)105-81(87)103-73)27-33-126-39-45-129-42-36-123-30-24-92-47-58(108-90)7-3-5-22-94-78(118)62(17-19-64(112)113)102-76(116)54-10-14-56(15-11-54)96-49-60-51-98-74-71(100-60)80(120)106-82(88)104-74/h8-15,46-47,50-51,61-62,89-92,95-96H,2-7,16-45,48-49H2,1H3,(H,93,117)(H,94,118)(H,101,115)(H,102,116)(H,110,111)(H,112,113)(H3,87,97,103,105,119)(H3,88,98,104,106,120)/b57-46-,58-47-,107-89?,108-90?/t61-,62-/m0/s1. The fourth-order valence-electron chi connectivity index (χ4n) is 11.7. The Morgan fingerprint density at radius 3 is 1.24 bits per heavy atom. The fourth-order valence-corrected chi connectivity index (χ4v) is 11.7. The van der Waals surface area contributed by atoms with Gasteiger partial charge in [-0.25, -0.2) is 44.2 Å². The van der Waals surface area contributed by atoms with E-state index in [-0.39, 0.29) is 130 Å². The highest BCUT2D eigenvalue weighted by Crippen LogP contribution is 2.30. The zero-order valence-electron chi connectivity index (χ0n) is 71.8. The van der Waals surface area contributed by atoms with Crippen LogP contribution >= 0.6 is 0 Å². The molecule has 130 heavy (non-hydrogen) atoms. The number of nitrogen functional groups attached to an aromatic ring is 2. The Balaban J connectivity index is 0.707. The predicted molar refractivity (Wildman–Crippen MR) is 460 cm³/mol. The van der Waals surface area contributed by atoms with Gasteiger partial charge >= 0.3 is 17.9 Å². The average Bonchev–Trinajstić information content (AvgIpc) is 0.800. The molecular formula is C82H111F4N23O21.